The second-order valence-electron chi connectivity index (χ2n) is 6.19. The lowest BCUT2D eigenvalue weighted by molar-refractivity contribution is 0.272. The van der Waals surface area contributed by atoms with Gasteiger partial charge in [0.2, 0.25) is 0 Å². The monoisotopic (exact) mass is 322 g/mol. The van der Waals surface area contributed by atoms with Crippen molar-refractivity contribution in [3.8, 4) is 0 Å². The Hall–Kier alpha value is -2.59. The molecule has 3 aromatic rings. The number of nitrogens with zero attached hydrogens (tertiary/aromatic N) is 2. The fraction of sp³-hybridized carbons (Fsp3) is 0.250. The van der Waals surface area contributed by atoms with Crippen molar-refractivity contribution in [1.29, 1.82) is 0 Å². The molecule has 0 saturated carbocycles. The van der Waals surface area contributed by atoms with Crippen molar-refractivity contribution in [3.05, 3.63) is 69.6 Å². The summed E-state index contributed by atoms with van der Waals surface area (Å²) in [4.78, 5) is 14.6. The molecule has 0 atom stereocenters. The average molecular weight is 322 g/mol. The molecule has 1 N–H and O–H groups in total. The number of fused-ring (bicyclic) bond motifs is 1. The summed E-state index contributed by atoms with van der Waals surface area (Å²) in [6.07, 6.45) is 0. The molecule has 124 valence electrons. The van der Waals surface area contributed by atoms with Crippen LogP contribution >= 0.6 is 0 Å². The first kappa shape index (κ1) is 16.3. The Bertz CT molecular complexity index is 973. The van der Waals surface area contributed by atoms with Gasteiger partial charge in [-0.25, -0.2) is 0 Å². The maximum atomic E-state index is 12.6. The fourth-order valence-corrected chi connectivity index (χ4v) is 3.11. The number of aliphatic hydroxyl groups excluding tert-OH is 1. The summed E-state index contributed by atoms with van der Waals surface area (Å²) in [6, 6.07) is 13.8. The molecule has 1 aromatic heterocycles. The van der Waals surface area contributed by atoms with Gasteiger partial charge in [0.25, 0.3) is 5.56 Å². The molecule has 0 spiro atoms. The van der Waals surface area contributed by atoms with Gasteiger partial charge < -0.3 is 14.6 Å². The maximum absolute atomic E-state index is 12.6. The number of anilines is 2. The Labute approximate surface area is 141 Å². The highest BCUT2D eigenvalue weighted by Crippen LogP contribution is 2.33. The van der Waals surface area contributed by atoms with Crippen molar-refractivity contribution in [3.63, 3.8) is 0 Å². The molecule has 0 bridgehead atoms. The third kappa shape index (κ3) is 2.49. The first-order chi connectivity index (χ1) is 11.5. The highest BCUT2D eigenvalue weighted by molar-refractivity contribution is 5.96. The quantitative estimate of drug-likeness (QED) is 0.804. The molecule has 4 nitrogen and oxygen atoms in total. The van der Waals surface area contributed by atoms with E-state index in [1.165, 1.54) is 15.7 Å². The van der Waals surface area contributed by atoms with E-state index in [1.54, 1.807) is 7.05 Å². The second-order valence-corrected chi connectivity index (χ2v) is 6.19. The van der Waals surface area contributed by atoms with Crippen molar-refractivity contribution >= 4 is 22.1 Å². The SMILES string of the molecule is Cc1ccc(N(C)c2c(CO)n(C)c(=O)c3ccccc23)cc1C. The first-order valence-corrected chi connectivity index (χ1v) is 7.98. The van der Waals surface area contributed by atoms with Crippen LogP contribution in [0, 0.1) is 13.8 Å². The highest BCUT2D eigenvalue weighted by Gasteiger charge is 2.18. The second kappa shape index (κ2) is 6.13. The van der Waals surface area contributed by atoms with Gasteiger partial charge in [-0.1, -0.05) is 24.3 Å². The molecule has 1 heterocycles. The van der Waals surface area contributed by atoms with Crippen LogP contribution in [0.25, 0.3) is 10.8 Å². The van der Waals surface area contributed by atoms with Crippen LogP contribution in [0.4, 0.5) is 11.4 Å². The molecular weight excluding hydrogens is 300 g/mol. The Morgan fingerprint density at radius 3 is 2.33 bits per heavy atom. The van der Waals surface area contributed by atoms with E-state index in [2.05, 4.69) is 32.0 Å². The predicted molar refractivity (Wildman–Crippen MR) is 99.1 cm³/mol. The first-order valence-electron chi connectivity index (χ1n) is 7.98. The number of aliphatic hydroxyl groups is 1. The number of pyridine rings is 1. The van der Waals surface area contributed by atoms with Gasteiger partial charge in [0, 0.05) is 30.6 Å². The van der Waals surface area contributed by atoms with Crippen molar-refractivity contribution < 1.29 is 5.11 Å². The molecule has 24 heavy (non-hydrogen) atoms. The zero-order valence-electron chi connectivity index (χ0n) is 14.5. The van der Waals surface area contributed by atoms with Gasteiger partial charge in [-0.2, -0.15) is 0 Å². The molecule has 0 amide bonds. The standard InChI is InChI=1S/C20H22N2O2/c1-13-9-10-15(11-14(13)2)21(3)19-16-7-5-6-8-17(16)20(24)22(4)18(19)12-23/h5-11,23H,12H2,1-4H3. The van der Waals surface area contributed by atoms with E-state index in [-0.39, 0.29) is 12.2 Å². The lowest BCUT2D eigenvalue weighted by Gasteiger charge is -2.26. The van der Waals surface area contributed by atoms with Crippen LogP contribution in [-0.2, 0) is 13.7 Å². The zero-order valence-corrected chi connectivity index (χ0v) is 14.5. The minimum Gasteiger partial charge on any atom is -0.390 e. The van der Waals surface area contributed by atoms with Gasteiger partial charge in [0.15, 0.2) is 0 Å². The number of hydrogen-bond acceptors (Lipinski definition) is 3. The molecular formula is C20H22N2O2. The molecule has 0 saturated heterocycles. The van der Waals surface area contributed by atoms with E-state index in [4.69, 9.17) is 0 Å². The summed E-state index contributed by atoms with van der Waals surface area (Å²) in [6.45, 7) is 3.97. The maximum Gasteiger partial charge on any atom is 0.258 e. The number of rotatable bonds is 3. The lowest BCUT2D eigenvalue weighted by atomic mass is 10.1. The van der Waals surface area contributed by atoms with Crippen LogP contribution in [0.15, 0.2) is 47.3 Å². The number of aryl methyl sites for hydroxylation is 2. The third-order valence-electron chi connectivity index (χ3n) is 4.76. The van der Waals surface area contributed by atoms with Gasteiger partial charge in [-0.3, -0.25) is 4.79 Å². The average Bonchev–Trinajstić information content (AvgIpc) is 2.59. The van der Waals surface area contributed by atoms with Crippen LogP contribution in [-0.4, -0.2) is 16.7 Å². The topological polar surface area (TPSA) is 45.5 Å². The minimum absolute atomic E-state index is 0.0908. The normalized spacial score (nSPS) is 11.0. The van der Waals surface area contributed by atoms with E-state index in [9.17, 15) is 9.90 Å². The Morgan fingerprint density at radius 2 is 1.71 bits per heavy atom. The van der Waals surface area contributed by atoms with E-state index >= 15 is 0 Å². The third-order valence-corrected chi connectivity index (χ3v) is 4.76. The van der Waals surface area contributed by atoms with Gasteiger partial charge in [0.05, 0.1) is 18.0 Å². The van der Waals surface area contributed by atoms with E-state index in [1.807, 2.05) is 36.2 Å². The summed E-state index contributed by atoms with van der Waals surface area (Å²) < 4.78 is 1.54. The van der Waals surface area contributed by atoms with Crippen LogP contribution in [0.5, 0.6) is 0 Å². The lowest BCUT2D eigenvalue weighted by Crippen LogP contribution is -2.25. The summed E-state index contributed by atoms with van der Waals surface area (Å²) in [7, 11) is 3.67. The van der Waals surface area contributed by atoms with Crippen LogP contribution in [0.2, 0.25) is 0 Å². The van der Waals surface area contributed by atoms with Crippen LogP contribution in [0.1, 0.15) is 16.8 Å². The largest absolute Gasteiger partial charge is 0.390 e. The summed E-state index contributed by atoms with van der Waals surface area (Å²) in [5.41, 5.74) is 4.85. The zero-order chi connectivity index (χ0) is 17.4. The van der Waals surface area contributed by atoms with Crippen molar-refractivity contribution in [2.75, 3.05) is 11.9 Å². The molecule has 0 aliphatic heterocycles. The smallest absolute Gasteiger partial charge is 0.258 e. The van der Waals surface area contributed by atoms with Crippen LogP contribution in [0.3, 0.4) is 0 Å². The summed E-state index contributed by atoms with van der Waals surface area (Å²) in [5, 5.41) is 11.4. The predicted octanol–water partition coefficient (Wildman–Crippen LogP) is 3.42. The Kier molecular flexibility index (Phi) is 4.16. The molecule has 0 unspecified atom stereocenters. The van der Waals surface area contributed by atoms with Crippen molar-refractivity contribution in [1.82, 2.24) is 4.57 Å². The Balaban J connectivity index is 2.33. The summed E-state index contributed by atoms with van der Waals surface area (Å²) >= 11 is 0. The fourth-order valence-electron chi connectivity index (χ4n) is 3.11. The van der Waals surface area contributed by atoms with Crippen molar-refractivity contribution in [2.24, 2.45) is 7.05 Å². The molecule has 3 rings (SSSR count). The van der Waals surface area contributed by atoms with Crippen LogP contribution < -0.4 is 10.5 Å². The number of hydrogen-bond donors (Lipinski definition) is 1. The highest BCUT2D eigenvalue weighted by atomic mass is 16.3. The molecule has 0 fully saturated rings. The van der Waals surface area contributed by atoms with E-state index in [0.29, 0.717) is 11.1 Å². The van der Waals surface area contributed by atoms with Gasteiger partial charge in [-0.05, 0) is 43.2 Å². The molecule has 0 aliphatic carbocycles. The minimum atomic E-state index is -0.193. The molecule has 2 aromatic carbocycles. The van der Waals surface area contributed by atoms with Gasteiger partial charge in [-0.15, -0.1) is 0 Å². The van der Waals surface area contributed by atoms with Crippen molar-refractivity contribution in [2.45, 2.75) is 20.5 Å². The van der Waals surface area contributed by atoms with Gasteiger partial charge in [0.1, 0.15) is 0 Å². The van der Waals surface area contributed by atoms with E-state index in [0.717, 1.165) is 16.8 Å². The van der Waals surface area contributed by atoms with E-state index < -0.39 is 0 Å². The number of aromatic nitrogens is 1. The van der Waals surface area contributed by atoms with Gasteiger partial charge >= 0.3 is 0 Å². The number of benzene rings is 2. The molecule has 0 aliphatic rings. The Morgan fingerprint density at radius 1 is 1.04 bits per heavy atom. The summed E-state index contributed by atoms with van der Waals surface area (Å²) in [5.74, 6) is 0. The molecule has 4 heteroatoms. The molecule has 0 radical (unpaired) electrons.